The van der Waals surface area contributed by atoms with E-state index in [9.17, 15) is 4.39 Å². The molecule has 0 radical (unpaired) electrons. The molecular formula is C17H12ClFN4S. The summed E-state index contributed by atoms with van der Waals surface area (Å²) in [6.07, 6.45) is 0. The highest BCUT2D eigenvalue weighted by Gasteiger charge is 2.26. The van der Waals surface area contributed by atoms with Crippen molar-refractivity contribution in [2.24, 2.45) is 5.10 Å². The minimum absolute atomic E-state index is 0.126. The Morgan fingerprint density at radius 1 is 1.08 bits per heavy atom. The van der Waals surface area contributed by atoms with Crippen molar-refractivity contribution in [3.05, 3.63) is 64.9 Å². The molecule has 7 heteroatoms. The molecule has 0 amide bonds. The first kappa shape index (κ1) is 15.4. The number of fused-ring (bicyclic) bond motifs is 1. The van der Waals surface area contributed by atoms with E-state index < -0.39 is 0 Å². The van der Waals surface area contributed by atoms with Gasteiger partial charge in [0.25, 0.3) is 0 Å². The van der Waals surface area contributed by atoms with Gasteiger partial charge in [0.05, 0.1) is 11.0 Å². The van der Waals surface area contributed by atoms with E-state index in [1.54, 1.807) is 28.6 Å². The smallest absolute Gasteiger partial charge is 0.207 e. The third-order valence-corrected chi connectivity index (χ3v) is 4.99. The van der Waals surface area contributed by atoms with Gasteiger partial charge >= 0.3 is 0 Å². The van der Waals surface area contributed by atoms with Gasteiger partial charge in [-0.05, 0) is 43.3 Å². The minimum Gasteiger partial charge on any atom is -0.207 e. The molecule has 24 heavy (non-hydrogen) atoms. The summed E-state index contributed by atoms with van der Waals surface area (Å²) in [5.41, 5.74) is 2.63. The Kier molecular flexibility index (Phi) is 3.86. The van der Waals surface area contributed by atoms with Crippen LogP contribution in [0.1, 0.15) is 12.5 Å². The standard InChI is InChI=1S/C17H12ClFN4S/c1-10-15(12-3-2-4-13(18)9-12)22-23-16(20-21-17(23)24-10)11-5-7-14(19)8-6-11/h2-10H,1H3/t10-/m0/s1. The van der Waals surface area contributed by atoms with Gasteiger partial charge in [0, 0.05) is 16.1 Å². The van der Waals surface area contributed by atoms with Crippen LogP contribution in [-0.4, -0.2) is 25.8 Å². The zero-order valence-corrected chi connectivity index (χ0v) is 14.2. The van der Waals surface area contributed by atoms with Gasteiger partial charge in [0.15, 0.2) is 5.82 Å². The Morgan fingerprint density at radius 2 is 1.88 bits per heavy atom. The van der Waals surface area contributed by atoms with E-state index in [-0.39, 0.29) is 11.1 Å². The Labute approximate surface area is 147 Å². The highest BCUT2D eigenvalue weighted by atomic mass is 35.5. The van der Waals surface area contributed by atoms with Gasteiger partial charge in [-0.2, -0.15) is 9.78 Å². The lowest BCUT2D eigenvalue weighted by molar-refractivity contribution is 0.628. The van der Waals surface area contributed by atoms with Crippen LogP contribution in [0.2, 0.25) is 5.02 Å². The summed E-state index contributed by atoms with van der Waals surface area (Å²) in [5, 5.41) is 14.7. The third kappa shape index (κ3) is 2.72. The van der Waals surface area contributed by atoms with Crippen LogP contribution in [0.4, 0.5) is 4.39 Å². The first-order valence-electron chi connectivity index (χ1n) is 7.34. The molecule has 0 saturated heterocycles. The second-order valence-corrected chi connectivity index (χ2v) is 7.12. The van der Waals surface area contributed by atoms with E-state index in [0.717, 1.165) is 16.8 Å². The van der Waals surface area contributed by atoms with Crippen molar-refractivity contribution in [3.63, 3.8) is 0 Å². The number of hydrogen-bond acceptors (Lipinski definition) is 4. The zero-order valence-electron chi connectivity index (χ0n) is 12.6. The topological polar surface area (TPSA) is 43.1 Å². The molecule has 1 aliphatic rings. The predicted octanol–water partition coefficient (Wildman–Crippen LogP) is 4.48. The van der Waals surface area contributed by atoms with Crippen LogP contribution < -0.4 is 0 Å². The molecule has 0 unspecified atom stereocenters. The monoisotopic (exact) mass is 358 g/mol. The molecule has 2 aromatic carbocycles. The maximum absolute atomic E-state index is 13.2. The van der Waals surface area contributed by atoms with Gasteiger partial charge < -0.3 is 0 Å². The maximum atomic E-state index is 13.2. The summed E-state index contributed by atoms with van der Waals surface area (Å²) in [4.78, 5) is 0. The Hall–Kier alpha value is -2.18. The molecule has 4 nitrogen and oxygen atoms in total. The van der Waals surface area contributed by atoms with E-state index in [4.69, 9.17) is 16.7 Å². The molecular weight excluding hydrogens is 347 g/mol. The summed E-state index contributed by atoms with van der Waals surface area (Å²) in [6.45, 7) is 2.07. The van der Waals surface area contributed by atoms with Gasteiger partial charge in [0.2, 0.25) is 5.16 Å². The van der Waals surface area contributed by atoms with Crippen LogP contribution in [0.5, 0.6) is 0 Å². The van der Waals surface area contributed by atoms with E-state index in [2.05, 4.69) is 17.1 Å². The fourth-order valence-corrected chi connectivity index (χ4v) is 3.67. The average molecular weight is 359 g/mol. The van der Waals surface area contributed by atoms with E-state index in [0.29, 0.717) is 16.0 Å². The number of halogens is 2. The molecule has 1 atom stereocenters. The molecule has 0 saturated carbocycles. The van der Waals surface area contributed by atoms with E-state index in [1.165, 1.54) is 12.1 Å². The molecule has 1 aromatic heterocycles. The van der Waals surface area contributed by atoms with Crippen LogP contribution in [0.25, 0.3) is 11.4 Å². The molecule has 3 aromatic rings. The van der Waals surface area contributed by atoms with Crippen LogP contribution in [-0.2, 0) is 0 Å². The van der Waals surface area contributed by atoms with E-state index >= 15 is 0 Å². The number of nitrogens with zero attached hydrogens (tertiary/aromatic N) is 4. The molecule has 0 N–H and O–H groups in total. The number of aromatic nitrogens is 3. The maximum Gasteiger partial charge on any atom is 0.213 e. The fraction of sp³-hybridized carbons (Fsp3) is 0.118. The van der Waals surface area contributed by atoms with Crippen molar-refractivity contribution in [1.82, 2.24) is 14.9 Å². The molecule has 1 aliphatic heterocycles. The first-order chi connectivity index (χ1) is 11.6. The van der Waals surface area contributed by atoms with Gasteiger partial charge in [-0.25, -0.2) is 4.39 Å². The van der Waals surface area contributed by atoms with Crippen molar-refractivity contribution in [2.75, 3.05) is 0 Å². The predicted molar refractivity (Wildman–Crippen MR) is 94.1 cm³/mol. The molecule has 0 aliphatic carbocycles. The second-order valence-electron chi connectivity index (χ2n) is 5.38. The first-order valence-corrected chi connectivity index (χ1v) is 8.60. The fourth-order valence-electron chi connectivity index (χ4n) is 2.55. The van der Waals surface area contributed by atoms with Gasteiger partial charge in [-0.3, -0.25) is 0 Å². The Bertz CT molecular complexity index is 936. The van der Waals surface area contributed by atoms with E-state index in [1.807, 2.05) is 24.3 Å². The summed E-state index contributed by atoms with van der Waals surface area (Å²) in [7, 11) is 0. The Balaban J connectivity index is 1.83. The van der Waals surface area contributed by atoms with Gasteiger partial charge in [0.1, 0.15) is 5.82 Å². The lowest BCUT2D eigenvalue weighted by Crippen LogP contribution is -2.21. The Morgan fingerprint density at radius 3 is 2.62 bits per heavy atom. The van der Waals surface area contributed by atoms with Crippen molar-refractivity contribution < 1.29 is 4.39 Å². The lowest BCUT2D eigenvalue weighted by Gasteiger charge is -2.20. The summed E-state index contributed by atoms with van der Waals surface area (Å²) < 4.78 is 14.9. The highest BCUT2D eigenvalue weighted by Crippen LogP contribution is 2.33. The second kappa shape index (κ2) is 6.03. The molecule has 2 heterocycles. The largest absolute Gasteiger partial charge is 0.213 e. The number of thioether (sulfide) groups is 1. The van der Waals surface area contributed by atoms with Crippen molar-refractivity contribution >= 4 is 29.1 Å². The quantitative estimate of drug-likeness (QED) is 0.678. The number of benzene rings is 2. The number of rotatable bonds is 2. The van der Waals surface area contributed by atoms with Crippen LogP contribution in [0.3, 0.4) is 0 Å². The average Bonchev–Trinajstić information content (AvgIpc) is 2.97. The molecule has 4 rings (SSSR count). The molecule has 0 fully saturated rings. The molecule has 0 spiro atoms. The van der Waals surface area contributed by atoms with Crippen LogP contribution in [0, 0.1) is 5.82 Å². The minimum atomic E-state index is -0.289. The van der Waals surface area contributed by atoms with Crippen molar-refractivity contribution in [2.45, 2.75) is 17.3 Å². The van der Waals surface area contributed by atoms with Crippen LogP contribution >= 0.6 is 23.4 Å². The molecule has 120 valence electrons. The SMILES string of the molecule is C[C@@H]1Sc2nnc(-c3ccc(F)cc3)n2N=C1c1cccc(Cl)c1. The lowest BCUT2D eigenvalue weighted by atomic mass is 10.1. The number of hydrogen-bond donors (Lipinski definition) is 0. The van der Waals surface area contributed by atoms with Crippen molar-refractivity contribution in [1.29, 1.82) is 0 Å². The van der Waals surface area contributed by atoms with Crippen LogP contribution in [0.15, 0.2) is 58.8 Å². The summed E-state index contributed by atoms with van der Waals surface area (Å²) in [6, 6.07) is 13.8. The van der Waals surface area contributed by atoms with Crippen molar-refractivity contribution in [3.8, 4) is 11.4 Å². The third-order valence-electron chi connectivity index (χ3n) is 3.71. The highest BCUT2D eigenvalue weighted by molar-refractivity contribution is 8.00. The summed E-state index contributed by atoms with van der Waals surface area (Å²) in [5.74, 6) is 0.298. The van der Waals surface area contributed by atoms with Gasteiger partial charge in [-0.15, -0.1) is 10.2 Å². The molecule has 0 bridgehead atoms. The summed E-state index contributed by atoms with van der Waals surface area (Å²) >= 11 is 7.68. The normalized spacial score (nSPS) is 16.6. The van der Waals surface area contributed by atoms with Gasteiger partial charge in [-0.1, -0.05) is 35.5 Å². The zero-order chi connectivity index (χ0) is 16.7.